The lowest BCUT2D eigenvalue weighted by Crippen LogP contribution is -2.50. The van der Waals surface area contributed by atoms with Crippen LogP contribution in [-0.4, -0.2) is 70.2 Å². The number of amides is 1. The molecular formula is C20H25FN4O2S. The number of ether oxygens (including phenoxy) is 1. The molecule has 2 saturated heterocycles. The summed E-state index contributed by atoms with van der Waals surface area (Å²) in [5, 5.41) is 6.24. The fraction of sp³-hybridized carbons (Fsp3) is 0.550. The zero-order chi connectivity index (χ0) is 19.7. The third kappa shape index (κ3) is 4.24. The van der Waals surface area contributed by atoms with Gasteiger partial charge in [-0.1, -0.05) is 16.6 Å². The number of aromatic nitrogens is 2. The number of hydrogen-bond acceptors (Lipinski definition) is 6. The van der Waals surface area contributed by atoms with Crippen molar-refractivity contribution in [1.82, 2.24) is 19.4 Å². The van der Waals surface area contributed by atoms with Crippen molar-refractivity contribution in [3.05, 3.63) is 46.7 Å². The molecule has 4 atom stereocenters. The van der Waals surface area contributed by atoms with Gasteiger partial charge in [0.25, 0.3) is 0 Å². The van der Waals surface area contributed by atoms with Crippen molar-refractivity contribution in [3.8, 4) is 0 Å². The van der Waals surface area contributed by atoms with Gasteiger partial charge < -0.3 is 9.64 Å². The minimum atomic E-state index is -0.240. The first kappa shape index (κ1) is 19.4. The zero-order valence-electron chi connectivity index (χ0n) is 16.1. The number of rotatable bonds is 4. The Morgan fingerprint density at radius 2 is 1.82 bits per heavy atom. The maximum absolute atomic E-state index is 13.4. The smallest absolute Gasteiger partial charge is 0.236 e. The van der Waals surface area contributed by atoms with Crippen LogP contribution in [0, 0.1) is 5.82 Å². The summed E-state index contributed by atoms with van der Waals surface area (Å²) in [6, 6.07) is 6.67. The van der Waals surface area contributed by atoms with Crippen molar-refractivity contribution in [2.24, 2.45) is 0 Å². The Morgan fingerprint density at radius 1 is 1.14 bits per heavy atom. The summed E-state index contributed by atoms with van der Waals surface area (Å²) in [4.78, 5) is 17.0. The predicted molar refractivity (Wildman–Crippen MR) is 105 cm³/mol. The predicted octanol–water partition coefficient (Wildman–Crippen LogP) is 2.50. The Kier molecular flexibility index (Phi) is 5.70. The lowest BCUT2D eigenvalue weighted by atomic mass is 9.87. The van der Waals surface area contributed by atoms with Crippen LogP contribution in [-0.2, 0) is 9.53 Å². The molecular weight excluding hydrogens is 379 g/mol. The molecule has 28 heavy (non-hydrogen) atoms. The molecule has 0 N–H and O–H groups in total. The lowest BCUT2D eigenvalue weighted by molar-refractivity contribution is -0.144. The van der Waals surface area contributed by atoms with Crippen molar-refractivity contribution in [1.29, 1.82) is 0 Å². The van der Waals surface area contributed by atoms with Gasteiger partial charge in [0.2, 0.25) is 5.91 Å². The molecule has 0 spiro atoms. The van der Waals surface area contributed by atoms with E-state index in [-0.39, 0.29) is 35.8 Å². The minimum Gasteiger partial charge on any atom is -0.372 e. The number of morpholine rings is 1. The Morgan fingerprint density at radius 3 is 2.46 bits per heavy atom. The molecule has 2 aliphatic rings. The van der Waals surface area contributed by atoms with Crippen LogP contribution in [0.15, 0.2) is 29.6 Å². The van der Waals surface area contributed by atoms with Crippen LogP contribution in [0.3, 0.4) is 0 Å². The topological polar surface area (TPSA) is 58.6 Å². The van der Waals surface area contributed by atoms with Crippen LogP contribution in [0.2, 0.25) is 0 Å². The van der Waals surface area contributed by atoms with Crippen LogP contribution >= 0.6 is 11.5 Å². The van der Waals surface area contributed by atoms with E-state index in [1.807, 2.05) is 36.3 Å². The van der Waals surface area contributed by atoms with Gasteiger partial charge in [-0.2, -0.15) is 0 Å². The largest absolute Gasteiger partial charge is 0.372 e. The van der Waals surface area contributed by atoms with Crippen LogP contribution in [0.4, 0.5) is 4.39 Å². The van der Waals surface area contributed by atoms with E-state index in [1.165, 1.54) is 23.7 Å². The highest BCUT2D eigenvalue weighted by Gasteiger charge is 2.38. The van der Waals surface area contributed by atoms with E-state index in [4.69, 9.17) is 4.74 Å². The second kappa shape index (κ2) is 8.23. The standard InChI is InChI=1S/C20H25FN4O2S/c1-13-7-25(8-14(2)27-13)20(26)11-24-9-17(15-3-5-16(21)6-4-15)18(10-24)19-12-28-23-22-19/h3-6,12-14,17-18H,7-11H2,1-2H3/t13?,14?,17-,18+/m1/s1. The van der Waals surface area contributed by atoms with Gasteiger partial charge in [0, 0.05) is 43.4 Å². The number of carbonyl (C=O) groups excluding carboxylic acids is 1. The molecule has 6 nitrogen and oxygen atoms in total. The molecule has 1 aromatic heterocycles. The first-order chi connectivity index (χ1) is 13.5. The summed E-state index contributed by atoms with van der Waals surface area (Å²) >= 11 is 1.34. The Labute approximate surface area is 168 Å². The average Bonchev–Trinajstić information content (AvgIpc) is 3.31. The van der Waals surface area contributed by atoms with Gasteiger partial charge in [0.1, 0.15) is 5.82 Å². The Balaban J connectivity index is 1.48. The van der Waals surface area contributed by atoms with E-state index in [9.17, 15) is 9.18 Å². The second-order valence-corrected chi connectivity index (χ2v) is 8.45. The molecule has 2 fully saturated rings. The van der Waals surface area contributed by atoms with Crippen molar-refractivity contribution < 1.29 is 13.9 Å². The van der Waals surface area contributed by atoms with Gasteiger partial charge in [0.15, 0.2) is 0 Å². The van der Waals surface area contributed by atoms with E-state index in [2.05, 4.69) is 14.5 Å². The van der Waals surface area contributed by atoms with Gasteiger partial charge in [0.05, 0.1) is 24.4 Å². The first-order valence-electron chi connectivity index (χ1n) is 9.67. The molecule has 0 radical (unpaired) electrons. The van der Waals surface area contributed by atoms with Gasteiger partial charge in [-0.15, -0.1) is 5.10 Å². The Bertz CT molecular complexity index is 791. The summed E-state index contributed by atoms with van der Waals surface area (Å²) in [5.41, 5.74) is 2.02. The SMILES string of the molecule is CC1CN(C(=O)CN2C[C@H](c3ccc(F)cc3)[C@@H](c3csnn3)C2)CC(C)O1. The highest BCUT2D eigenvalue weighted by molar-refractivity contribution is 7.03. The van der Waals surface area contributed by atoms with Gasteiger partial charge in [-0.05, 0) is 43.1 Å². The molecule has 0 saturated carbocycles. The van der Waals surface area contributed by atoms with Crippen LogP contribution < -0.4 is 0 Å². The summed E-state index contributed by atoms with van der Waals surface area (Å²) in [5.74, 6) is 0.215. The number of likely N-dealkylation sites (tertiary alicyclic amines) is 1. The van der Waals surface area contributed by atoms with E-state index < -0.39 is 0 Å². The maximum atomic E-state index is 13.4. The van der Waals surface area contributed by atoms with Gasteiger partial charge in [-0.3, -0.25) is 9.69 Å². The fourth-order valence-corrected chi connectivity index (χ4v) is 4.89. The number of carbonyl (C=O) groups is 1. The summed E-state index contributed by atoms with van der Waals surface area (Å²) in [6.07, 6.45) is 0.124. The van der Waals surface area contributed by atoms with E-state index >= 15 is 0 Å². The molecule has 150 valence electrons. The average molecular weight is 405 g/mol. The quantitative estimate of drug-likeness (QED) is 0.784. The Hall–Kier alpha value is -1.90. The molecule has 2 unspecified atom stereocenters. The normalized spacial score (nSPS) is 28.6. The van der Waals surface area contributed by atoms with Crippen molar-refractivity contribution in [2.75, 3.05) is 32.7 Å². The lowest BCUT2D eigenvalue weighted by Gasteiger charge is -2.36. The van der Waals surface area contributed by atoms with E-state index in [0.717, 1.165) is 24.3 Å². The highest BCUT2D eigenvalue weighted by atomic mass is 32.1. The summed E-state index contributed by atoms with van der Waals surface area (Å²) < 4.78 is 23.1. The first-order valence-corrected chi connectivity index (χ1v) is 10.5. The molecule has 3 heterocycles. The molecule has 1 amide bonds. The van der Waals surface area contributed by atoms with E-state index in [1.54, 1.807) is 0 Å². The third-order valence-electron chi connectivity index (χ3n) is 5.58. The number of halogens is 1. The fourth-order valence-electron chi connectivity index (χ4n) is 4.37. The molecule has 2 aromatic rings. The summed E-state index contributed by atoms with van der Waals surface area (Å²) in [6.45, 7) is 7.15. The van der Waals surface area contributed by atoms with Crippen LogP contribution in [0.25, 0.3) is 0 Å². The van der Waals surface area contributed by atoms with Crippen molar-refractivity contribution in [2.45, 2.75) is 37.9 Å². The third-order valence-corrected chi connectivity index (χ3v) is 6.10. The molecule has 0 aliphatic carbocycles. The number of nitrogens with zero attached hydrogens (tertiary/aromatic N) is 4. The second-order valence-electron chi connectivity index (χ2n) is 7.84. The molecule has 1 aromatic carbocycles. The highest BCUT2D eigenvalue weighted by Crippen LogP contribution is 2.39. The van der Waals surface area contributed by atoms with Crippen molar-refractivity contribution in [3.63, 3.8) is 0 Å². The zero-order valence-corrected chi connectivity index (χ0v) is 16.9. The molecule has 4 rings (SSSR count). The minimum absolute atomic E-state index is 0.0621. The van der Waals surface area contributed by atoms with Crippen LogP contribution in [0.5, 0.6) is 0 Å². The molecule has 0 bridgehead atoms. The maximum Gasteiger partial charge on any atom is 0.236 e. The van der Waals surface area contributed by atoms with Crippen molar-refractivity contribution >= 4 is 17.4 Å². The molecule has 2 aliphatic heterocycles. The van der Waals surface area contributed by atoms with E-state index in [0.29, 0.717) is 19.6 Å². The van der Waals surface area contributed by atoms with Crippen LogP contribution in [0.1, 0.15) is 36.9 Å². The van der Waals surface area contributed by atoms with Gasteiger partial charge in [-0.25, -0.2) is 4.39 Å². The monoisotopic (exact) mass is 404 g/mol. The summed E-state index contributed by atoms with van der Waals surface area (Å²) in [7, 11) is 0. The number of hydrogen-bond donors (Lipinski definition) is 0. The van der Waals surface area contributed by atoms with Gasteiger partial charge >= 0.3 is 0 Å². The molecule has 8 heteroatoms. The number of benzene rings is 1.